The maximum absolute atomic E-state index is 11.1. The molecule has 0 heterocycles. The van der Waals surface area contributed by atoms with Crippen molar-refractivity contribution in [3.8, 4) is 0 Å². The van der Waals surface area contributed by atoms with Gasteiger partial charge in [-0.3, -0.25) is 9.69 Å². The van der Waals surface area contributed by atoms with E-state index < -0.39 is 11.5 Å². The quantitative estimate of drug-likeness (QED) is 0.677. The number of unbranched alkanes of at least 4 members (excludes halogenated alkanes) is 2. The zero-order valence-corrected chi connectivity index (χ0v) is 10.5. The van der Waals surface area contributed by atoms with Gasteiger partial charge in [0.1, 0.15) is 5.54 Å². The Balaban J connectivity index is 4.38. The summed E-state index contributed by atoms with van der Waals surface area (Å²) >= 11 is 0. The first kappa shape index (κ1) is 14.4. The Morgan fingerprint density at radius 3 is 1.80 bits per heavy atom. The molecule has 0 fully saturated rings. The van der Waals surface area contributed by atoms with Gasteiger partial charge >= 0.3 is 5.97 Å². The molecule has 0 aromatic carbocycles. The molecule has 1 N–H and O–H groups in total. The highest BCUT2D eigenvalue weighted by Crippen LogP contribution is 2.16. The normalized spacial score (nSPS) is 12.1. The van der Waals surface area contributed by atoms with Crippen molar-refractivity contribution in [1.29, 1.82) is 0 Å². The molecule has 0 unspecified atom stereocenters. The van der Waals surface area contributed by atoms with Crippen LogP contribution in [0.5, 0.6) is 0 Å². The minimum absolute atomic E-state index is 0.727. The van der Waals surface area contributed by atoms with E-state index in [1.54, 1.807) is 13.8 Å². The minimum atomic E-state index is -0.732. The number of hydrogen-bond acceptors (Lipinski definition) is 2. The number of aliphatic carboxylic acids is 1. The number of hydrogen-bond donors (Lipinski definition) is 1. The second-order valence-electron chi connectivity index (χ2n) is 4.56. The van der Waals surface area contributed by atoms with Gasteiger partial charge in [-0.2, -0.15) is 0 Å². The predicted molar refractivity (Wildman–Crippen MR) is 63.1 cm³/mol. The van der Waals surface area contributed by atoms with Gasteiger partial charge < -0.3 is 5.11 Å². The van der Waals surface area contributed by atoms with Gasteiger partial charge in [0, 0.05) is 0 Å². The molecular weight excluding hydrogens is 190 g/mol. The number of nitrogens with zero attached hydrogens (tertiary/aromatic N) is 1. The van der Waals surface area contributed by atoms with E-state index in [0.717, 1.165) is 38.8 Å². The summed E-state index contributed by atoms with van der Waals surface area (Å²) in [5.41, 5.74) is -0.732. The lowest BCUT2D eigenvalue weighted by atomic mass is 10.0. The summed E-state index contributed by atoms with van der Waals surface area (Å²) in [6.07, 6.45) is 4.36. The molecule has 0 aliphatic carbocycles. The smallest absolute Gasteiger partial charge is 0.323 e. The first-order valence-electron chi connectivity index (χ1n) is 5.95. The van der Waals surface area contributed by atoms with Crippen molar-refractivity contribution in [2.75, 3.05) is 13.1 Å². The highest BCUT2D eigenvalue weighted by Gasteiger charge is 2.33. The Kier molecular flexibility index (Phi) is 6.57. The summed E-state index contributed by atoms with van der Waals surface area (Å²) in [5, 5.41) is 9.17. The van der Waals surface area contributed by atoms with Crippen molar-refractivity contribution in [2.45, 2.75) is 58.9 Å². The molecule has 0 rings (SSSR count). The van der Waals surface area contributed by atoms with Crippen LogP contribution in [0.15, 0.2) is 0 Å². The molecule has 3 nitrogen and oxygen atoms in total. The lowest BCUT2D eigenvalue weighted by molar-refractivity contribution is -0.149. The van der Waals surface area contributed by atoms with Crippen LogP contribution in [0.3, 0.4) is 0 Å². The largest absolute Gasteiger partial charge is 0.480 e. The Morgan fingerprint density at radius 1 is 1.13 bits per heavy atom. The van der Waals surface area contributed by atoms with Crippen LogP contribution in [0.1, 0.15) is 53.4 Å². The molecule has 0 saturated heterocycles. The Morgan fingerprint density at radius 2 is 1.53 bits per heavy atom. The summed E-state index contributed by atoms with van der Waals surface area (Å²) in [4.78, 5) is 13.2. The zero-order chi connectivity index (χ0) is 11.9. The Labute approximate surface area is 93.5 Å². The molecule has 0 saturated carbocycles. The van der Waals surface area contributed by atoms with Crippen LogP contribution in [0.4, 0.5) is 0 Å². The molecule has 0 aromatic heterocycles. The van der Waals surface area contributed by atoms with Gasteiger partial charge in [-0.1, -0.05) is 26.7 Å². The lowest BCUT2D eigenvalue weighted by Crippen LogP contribution is -2.50. The van der Waals surface area contributed by atoms with Crippen LogP contribution in [0.25, 0.3) is 0 Å². The summed E-state index contributed by atoms with van der Waals surface area (Å²) in [5.74, 6) is -0.727. The van der Waals surface area contributed by atoms with E-state index in [2.05, 4.69) is 18.7 Å². The average Bonchev–Trinajstić information content (AvgIpc) is 2.17. The molecule has 0 radical (unpaired) electrons. The monoisotopic (exact) mass is 215 g/mol. The lowest BCUT2D eigenvalue weighted by Gasteiger charge is -2.35. The molecule has 0 spiro atoms. The fourth-order valence-corrected chi connectivity index (χ4v) is 1.50. The second-order valence-corrected chi connectivity index (χ2v) is 4.56. The van der Waals surface area contributed by atoms with Crippen molar-refractivity contribution >= 4 is 5.97 Å². The van der Waals surface area contributed by atoms with Gasteiger partial charge in [0.25, 0.3) is 0 Å². The first-order chi connectivity index (χ1) is 6.96. The van der Waals surface area contributed by atoms with E-state index in [1.807, 2.05) is 0 Å². The Hall–Kier alpha value is -0.570. The van der Waals surface area contributed by atoms with Crippen LogP contribution < -0.4 is 0 Å². The fraction of sp³-hybridized carbons (Fsp3) is 0.917. The third-order valence-corrected chi connectivity index (χ3v) is 2.88. The van der Waals surface area contributed by atoms with Crippen LogP contribution in [-0.4, -0.2) is 34.6 Å². The molecule has 0 amide bonds. The zero-order valence-electron chi connectivity index (χ0n) is 10.5. The van der Waals surface area contributed by atoms with Gasteiger partial charge in [-0.15, -0.1) is 0 Å². The fourth-order valence-electron chi connectivity index (χ4n) is 1.50. The number of rotatable bonds is 8. The van der Waals surface area contributed by atoms with Gasteiger partial charge in [0.05, 0.1) is 0 Å². The van der Waals surface area contributed by atoms with Crippen molar-refractivity contribution in [3.05, 3.63) is 0 Å². The number of carboxylic acids is 1. The van der Waals surface area contributed by atoms with Crippen LogP contribution in [-0.2, 0) is 4.79 Å². The third kappa shape index (κ3) is 4.65. The number of carboxylic acid groups (broad SMARTS) is 1. The standard InChI is InChI=1S/C12H25NO2/c1-5-7-9-13(10-8-6-2)12(3,4)11(14)15/h5-10H2,1-4H3,(H,14,15). The molecule has 0 atom stereocenters. The van der Waals surface area contributed by atoms with E-state index in [-0.39, 0.29) is 0 Å². The highest BCUT2D eigenvalue weighted by atomic mass is 16.4. The molecule has 90 valence electrons. The van der Waals surface area contributed by atoms with E-state index in [9.17, 15) is 4.79 Å². The van der Waals surface area contributed by atoms with Crippen molar-refractivity contribution in [3.63, 3.8) is 0 Å². The second kappa shape index (κ2) is 6.83. The van der Waals surface area contributed by atoms with Crippen molar-refractivity contribution < 1.29 is 9.90 Å². The van der Waals surface area contributed by atoms with E-state index in [0.29, 0.717) is 0 Å². The van der Waals surface area contributed by atoms with Crippen molar-refractivity contribution in [1.82, 2.24) is 4.90 Å². The maximum atomic E-state index is 11.1. The molecular formula is C12H25NO2. The molecule has 0 aliphatic heterocycles. The third-order valence-electron chi connectivity index (χ3n) is 2.88. The molecule has 0 aliphatic rings. The van der Waals surface area contributed by atoms with Gasteiger partial charge in [0.2, 0.25) is 0 Å². The van der Waals surface area contributed by atoms with E-state index >= 15 is 0 Å². The molecule has 3 heteroatoms. The number of carbonyl (C=O) groups is 1. The SMILES string of the molecule is CCCCN(CCCC)C(C)(C)C(=O)O. The Bertz CT molecular complexity index is 182. The first-order valence-corrected chi connectivity index (χ1v) is 5.95. The molecule has 0 bridgehead atoms. The van der Waals surface area contributed by atoms with Crippen LogP contribution >= 0.6 is 0 Å². The van der Waals surface area contributed by atoms with Gasteiger partial charge in [-0.25, -0.2) is 0 Å². The average molecular weight is 215 g/mol. The summed E-state index contributed by atoms with van der Waals surface area (Å²) < 4.78 is 0. The van der Waals surface area contributed by atoms with Crippen molar-refractivity contribution in [2.24, 2.45) is 0 Å². The summed E-state index contributed by atoms with van der Waals surface area (Å²) in [6, 6.07) is 0. The van der Waals surface area contributed by atoms with Gasteiger partial charge in [-0.05, 0) is 39.8 Å². The van der Waals surface area contributed by atoms with E-state index in [4.69, 9.17) is 5.11 Å². The maximum Gasteiger partial charge on any atom is 0.323 e. The van der Waals surface area contributed by atoms with Crippen LogP contribution in [0, 0.1) is 0 Å². The summed E-state index contributed by atoms with van der Waals surface area (Å²) in [7, 11) is 0. The highest BCUT2D eigenvalue weighted by molar-refractivity contribution is 5.77. The summed E-state index contributed by atoms with van der Waals surface area (Å²) in [6.45, 7) is 9.62. The predicted octanol–water partition coefficient (Wildman–Crippen LogP) is 2.75. The van der Waals surface area contributed by atoms with Crippen LogP contribution in [0.2, 0.25) is 0 Å². The van der Waals surface area contributed by atoms with E-state index in [1.165, 1.54) is 0 Å². The molecule has 0 aromatic rings. The minimum Gasteiger partial charge on any atom is -0.480 e. The molecule has 15 heavy (non-hydrogen) atoms. The topological polar surface area (TPSA) is 40.5 Å². The van der Waals surface area contributed by atoms with Gasteiger partial charge in [0.15, 0.2) is 0 Å².